The van der Waals surface area contributed by atoms with Gasteiger partial charge in [0.05, 0.1) is 25.8 Å². The van der Waals surface area contributed by atoms with Gasteiger partial charge in [0, 0.05) is 12.7 Å². The zero-order valence-electron chi connectivity index (χ0n) is 21.1. The number of methoxy groups -OCH3 is 1. The number of para-hydroxylation sites is 1. The van der Waals surface area contributed by atoms with Crippen molar-refractivity contribution in [3.8, 4) is 5.75 Å². The average molecular weight is 536 g/mol. The molecule has 200 valence electrons. The molecule has 0 aliphatic heterocycles. The first-order chi connectivity index (χ1) is 18.7. The van der Waals surface area contributed by atoms with Crippen molar-refractivity contribution in [1.29, 1.82) is 0 Å². The maximum absolute atomic E-state index is 13.4. The summed E-state index contributed by atoms with van der Waals surface area (Å²) in [6.45, 7) is 0.192. The molecule has 0 aliphatic carbocycles. The number of aromatic nitrogens is 4. The summed E-state index contributed by atoms with van der Waals surface area (Å²) in [7, 11) is 2.95. The van der Waals surface area contributed by atoms with E-state index in [4.69, 9.17) is 4.74 Å². The van der Waals surface area contributed by atoms with Gasteiger partial charge in [-0.15, -0.1) is 0 Å². The quantitative estimate of drug-likeness (QED) is 0.325. The summed E-state index contributed by atoms with van der Waals surface area (Å²) in [5.41, 5.74) is 0.293. The Bertz CT molecular complexity index is 1740. The SMILES string of the molecule is COc1ccc(Cn2c(=O)n(C)c(=O)c3c(Nc4ccccc4)n(Cc4ccc(C(F)(F)F)cc4)nc32)cc1. The molecular weight excluding hydrogens is 511 g/mol. The molecule has 11 heteroatoms. The molecule has 0 fully saturated rings. The van der Waals surface area contributed by atoms with Crippen LogP contribution in [0, 0.1) is 0 Å². The Labute approximate surface area is 220 Å². The Morgan fingerprint density at radius 2 is 1.49 bits per heavy atom. The third kappa shape index (κ3) is 5.15. The topological polar surface area (TPSA) is 83.1 Å². The van der Waals surface area contributed by atoms with Gasteiger partial charge >= 0.3 is 11.9 Å². The molecule has 0 saturated heterocycles. The van der Waals surface area contributed by atoms with Crippen LogP contribution in [-0.2, 0) is 26.3 Å². The molecule has 2 heterocycles. The predicted octanol–water partition coefficient (Wildman–Crippen LogP) is 4.76. The van der Waals surface area contributed by atoms with Crippen LogP contribution in [0.3, 0.4) is 0 Å². The summed E-state index contributed by atoms with van der Waals surface area (Å²) in [4.78, 5) is 26.6. The van der Waals surface area contributed by atoms with Crippen LogP contribution in [0.4, 0.5) is 24.7 Å². The van der Waals surface area contributed by atoms with E-state index < -0.39 is 23.0 Å². The maximum Gasteiger partial charge on any atom is 0.416 e. The lowest BCUT2D eigenvalue weighted by atomic mass is 10.1. The predicted molar refractivity (Wildman–Crippen MR) is 142 cm³/mol. The van der Waals surface area contributed by atoms with Gasteiger partial charge in [-0.2, -0.15) is 18.3 Å². The monoisotopic (exact) mass is 535 g/mol. The second kappa shape index (κ2) is 10.2. The first-order valence-corrected chi connectivity index (χ1v) is 12.0. The van der Waals surface area contributed by atoms with Gasteiger partial charge in [0.25, 0.3) is 5.56 Å². The van der Waals surface area contributed by atoms with Crippen LogP contribution < -0.4 is 21.3 Å². The van der Waals surface area contributed by atoms with Gasteiger partial charge in [-0.25, -0.2) is 9.48 Å². The highest BCUT2D eigenvalue weighted by Crippen LogP contribution is 2.30. The molecule has 8 nitrogen and oxygen atoms in total. The van der Waals surface area contributed by atoms with Crippen LogP contribution in [0.15, 0.2) is 88.5 Å². The summed E-state index contributed by atoms with van der Waals surface area (Å²) in [6, 6.07) is 21.0. The van der Waals surface area contributed by atoms with Crippen LogP contribution in [-0.4, -0.2) is 26.0 Å². The zero-order valence-corrected chi connectivity index (χ0v) is 21.1. The van der Waals surface area contributed by atoms with Gasteiger partial charge in [-0.1, -0.05) is 42.5 Å². The fraction of sp³-hybridized carbons (Fsp3) is 0.179. The number of nitrogens with zero attached hydrogens (tertiary/aromatic N) is 4. The first kappa shape index (κ1) is 25.8. The highest BCUT2D eigenvalue weighted by Gasteiger charge is 2.30. The van der Waals surface area contributed by atoms with Gasteiger partial charge < -0.3 is 10.1 Å². The standard InChI is InChI=1S/C28H24F3N5O3/c1-34-26(37)23-24(32-21-6-4-3-5-7-21)36(17-19-8-12-20(13-9-19)28(29,30)31)33-25(23)35(27(34)38)16-18-10-14-22(39-2)15-11-18/h3-15,32H,16-17H2,1-2H3. The van der Waals surface area contributed by atoms with Crippen LogP contribution in [0.25, 0.3) is 11.0 Å². The van der Waals surface area contributed by atoms with E-state index in [1.807, 2.05) is 30.3 Å². The normalized spacial score (nSPS) is 11.6. The van der Waals surface area contributed by atoms with Crippen LogP contribution in [0.2, 0.25) is 0 Å². The van der Waals surface area contributed by atoms with Gasteiger partial charge in [0.1, 0.15) is 17.0 Å². The van der Waals surface area contributed by atoms with Crippen molar-refractivity contribution in [3.63, 3.8) is 0 Å². The van der Waals surface area contributed by atoms with Crippen molar-refractivity contribution in [3.05, 3.63) is 116 Å². The Hall–Kier alpha value is -4.80. The fourth-order valence-electron chi connectivity index (χ4n) is 4.29. The van der Waals surface area contributed by atoms with Crippen molar-refractivity contribution in [2.75, 3.05) is 12.4 Å². The molecule has 0 spiro atoms. The number of hydrogen-bond acceptors (Lipinski definition) is 5. The van der Waals surface area contributed by atoms with Crippen molar-refractivity contribution in [1.82, 2.24) is 18.9 Å². The third-order valence-corrected chi connectivity index (χ3v) is 6.38. The number of nitrogens with one attached hydrogen (secondary N) is 1. The Morgan fingerprint density at radius 3 is 2.10 bits per heavy atom. The number of fused-ring (bicyclic) bond motifs is 1. The highest BCUT2D eigenvalue weighted by molar-refractivity contribution is 5.89. The second-order valence-corrected chi connectivity index (χ2v) is 8.97. The van der Waals surface area contributed by atoms with E-state index in [1.54, 1.807) is 31.4 Å². The van der Waals surface area contributed by atoms with Gasteiger partial charge in [0.2, 0.25) is 0 Å². The van der Waals surface area contributed by atoms with E-state index in [2.05, 4.69) is 10.4 Å². The molecule has 1 N–H and O–H groups in total. The average Bonchev–Trinajstić information content (AvgIpc) is 3.28. The molecule has 5 rings (SSSR count). The molecule has 5 aromatic rings. The highest BCUT2D eigenvalue weighted by atomic mass is 19.4. The molecule has 0 amide bonds. The molecular formula is C28H24F3N5O3. The third-order valence-electron chi connectivity index (χ3n) is 6.38. The molecule has 0 unspecified atom stereocenters. The lowest BCUT2D eigenvalue weighted by Crippen LogP contribution is -2.38. The van der Waals surface area contributed by atoms with E-state index in [0.29, 0.717) is 22.8 Å². The molecule has 0 atom stereocenters. The van der Waals surface area contributed by atoms with E-state index in [1.165, 1.54) is 28.4 Å². The minimum absolute atomic E-state index is 0.0574. The largest absolute Gasteiger partial charge is 0.497 e. The fourth-order valence-corrected chi connectivity index (χ4v) is 4.29. The summed E-state index contributed by atoms with van der Waals surface area (Å²) in [5.74, 6) is 0.979. The molecule has 0 aliphatic rings. The van der Waals surface area contributed by atoms with Crippen molar-refractivity contribution < 1.29 is 17.9 Å². The Kier molecular flexibility index (Phi) is 6.73. The first-order valence-electron chi connectivity index (χ1n) is 12.0. The van der Waals surface area contributed by atoms with E-state index >= 15 is 0 Å². The van der Waals surface area contributed by atoms with Gasteiger partial charge in [-0.3, -0.25) is 13.9 Å². The minimum Gasteiger partial charge on any atom is -0.497 e. The van der Waals surface area contributed by atoms with Crippen molar-refractivity contribution in [2.24, 2.45) is 7.05 Å². The maximum atomic E-state index is 13.4. The van der Waals surface area contributed by atoms with Crippen molar-refractivity contribution in [2.45, 2.75) is 19.3 Å². The number of halogens is 3. The summed E-state index contributed by atoms with van der Waals surface area (Å²) in [5, 5.41) is 8.03. The number of rotatable bonds is 7. The molecule has 2 aromatic heterocycles. The number of benzene rings is 3. The Balaban J connectivity index is 1.67. The second-order valence-electron chi connectivity index (χ2n) is 8.97. The summed E-state index contributed by atoms with van der Waals surface area (Å²) < 4.78 is 48.3. The van der Waals surface area contributed by atoms with E-state index in [9.17, 15) is 22.8 Å². The van der Waals surface area contributed by atoms with E-state index in [-0.39, 0.29) is 24.1 Å². The van der Waals surface area contributed by atoms with Crippen LogP contribution in [0.5, 0.6) is 5.75 Å². The summed E-state index contributed by atoms with van der Waals surface area (Å²) >= 11 is 0. The lowest BCUT2D eigenvalue weighted by Gasteiger charge is -2.12. The van der Waals surface area contributed by atoms with Gasteiger partial charge in [-0.05, 0) is 47.5 Å². The smallest absolute Gasteiger partial charge is 0.416 e. The lowest BCUT2D eigenvalue weighted by molar-refractivity contribution is -0.137. The molecule has 0 radical (unpaired) electrons. The zero-order chi connectivity index (χ0) is 27.7. The minimum atomic E-state index is -4.46. The molecule has 0 bridgehead atoms. The van der Waals surface area contributed by atoms with Gasteiger partial charge in [0.15, 0.2) is 5.65 Å². The van der Waals surface area contributed by atoms with E-state index in [0.717, 1.165) is 22.3 Å². The van der Waals surface area contributed by atoms with Crippen LogP contribution >= 0.6 is 0 Å². The molecule has 3 aromatic carbocycles. The number of hydrogen-bond donors (Lipinski definition) is 1. The van der Waals surface area contributed by atoms with Crippen molar-refractivity contribution >= 4 is 22.5 Å². The summed E-state index contributed by atoms with van der Waals surface area (Å²) in [6.07, 6.45) is -4.46. The number of alkyl halides is 3. The molecule has 0 saturated carbocycles. The number of anilines is 2. The van der Waals surface area contributed by atoms with Crippen LogP contribution in [0.1, 0.15) is 16.7 Å². The Morgan fingerprint density at radius 1 is 0.872 bits per heavy atom. The molecule has 39 heavy (non-hydrogen) atoms. The number of ether oxygens (including phenoxy) is 1.